The fraction of sp³-hybridized carbons (Fsp3) is 0.500. The Morgan fingerprint density at radius 3 is 2.14 bits per heavy atom. The molecule has 2 aromatic rings. The quantitative estimate of drug-likeness (QED) is 0.488. The molecule has 0 radical (unpaired) electrons. The molecule has 3 N–H and O–H groups in total. The van der Waals surface area contributed by atoms with Gasteiger partial charge in [0.1, 0.15) is 0 Å². The van der Waals surface area contributed by atoms with E-state index in [4.69, 9.17) is 5.73 Å². The molecule has 7 heteroatoms. The highest BCUT2D eigenvalue weighted by Crippen LogP contribution is 2.65. The number of hydrogen-bond acceptors (Lipinski definition) is 3. The summed E-state index contributed by atoms with van der Waals surface area (Å²) in [6, 6.07) is 12.8. The molecule has 2 aromatic carbocycles. The van der Waals surface area contributed by atoms with E-state index in [0.717, 1.165) is 29.2 Å². The molecule has 2 amide bonds. The molecule has 0 spiro atoms. The first-order chi connectivity index (χ1) is 16.4. The van der Waals surface area contributed by atoms with Crippen molar-refractivity contribution in [3.05, 3.63) is 70.3 Å². The van der Waals surface area contributed by atoms with Crippen molar-refractivity contribution in [2.24, 2.45) is 11.1 Å². The largest absolute Gasteiger partial charge is 0.366 e. The number of carbonyl (C=O) groups excluding carboxylic acids is 2. The average molecular weight is 486 g/mol. The zero-order valence-corrected chi connectivity index (χ0v) is 21.3. The Bertz CT molecular complexity index is 1040. The molecule has 1 saturated carbocycles. The third-order valence-corrected chi connectivity index (χ3v) is 7.61. The van der Waals surface area contributed by atoms with Gasteiger partial charge in [0.05, 0.1) is 0 Å². The zero-order chi connectivity index (χ0) is 26.0. The van der Waals surface area contributed by atoms with Gasteiger partial charge in [-0.1, -0.05) is 30.3 Å². The normalized spacial score (nSPS) is 16.6. The summed E-state index contributed by atoms with van der Waals surface area (Å²) < 4.78 is 29.2. The lowest BCUT2D eigenvalue weighted by atomic mass is 9.77. The molecule has 0 aliphatic heterocycles. The van der Waals surface area contributed by atoms with Crippen molar-refractivity contribution < 1.29 is 18.4 Å². The summed E-state index contributed by atoms with van der Waals surface area (Å²) in [5.74, 6) is -4.07. The fourth-order valence-corrected chi connectivity index (χ4v) is 5.17. The third kappa shape index (κ3) is 6.07. The van der Waals surface area contributed by atoms with Crippen LogP contribution in [0.3, 0.4) is 0 Å². The Morgan fingerprint density at radius 2 is 1.69 bits per heavy atom. The summed E-state index contributed by atoms with van der Waals surface area (Å²) in [7, 11) is 3.89. The van der Waals surface area contributed by atoms with Crippen LogP contribution in [-0.4, -0.2) is 49.3 Å². The maximum Gasteiger partial charge on any atom is 0.251 e. The van der Waals surface area contributed by atoms with Crippen molar-refractivity contribution in [1.82, 2.24) is 10.2 Å². The van der Waals surface area contributed by atoms with Crippen molar-refractivity contribution in [3.63, 3.8) is 0 Å². The molecule has 0 unspecified atom stereocenters. The van der Waals surface area contributed by atoms with Crippen LogP contribution in [0.4, 0.5) is 8.78 Å². The van der Waals surface area contributed by atoms with E-state index in [1.807, 2.05) is 63.2 Å². The molecule has 0 bridgehead atoms. The number of benzene rings is 2. The first kappa shape index (κ1) is 26.8. The molecule has 0 saturated heterocycles. The lowest BCUT2D eigenvalue weighted by Gasteiger charge is -2.32. The van der Waals surface area contributed by atoms with Gasteiger partial charge in [0.15, 0.2) is 0 Å². The fourth-order valence-electron chi connectivity index (χ4n) is 5.17. The van der Waals surface area contributed by atoms with E-state index in [1.165, 1.54) is 0 Å². The SMILES string of the molecule is Cc1cc(C(N)=O)cc(C)c1C[C@@H](CNC(=O)C[C@H](c1ccccc1)C1(C(C)(F)F)CC1)N(C)C. The van der Waals surface area contributed by atoms with E-state index in [-0.39, 0.29) is 18.4 Å². The molecule has 0 heterocycles. The van der Waals surface area contributed by atoms with Gasteiger partial charge in [0.2, 0.25) is 11.8 Å². The molecular weight excluding hydrogens is 448 g/mol. The van der Waals surface area contributed by atoms with Crippen molar-refractivity contribution in [2.45, 2.75) is 64.3 Å². The number of alkyl halides is 2. The Labute approximate surface area is 207 Å². The number of nitrogens with zero attached hydrogens (tertiary/aromatic N) is 1. The highest BCUT2D eigenvalue weighted by Gasteiger charge is 2.63. The lowest BCUT2D eigenvalue weighted by molar-refractivity contribution is -0.123. The smallest absolute Gasteiger partial charge is 0.251 e. The van der Waals surface area contributed by atoms with Crippen LogP contribution in [0.15, 0.2) is 42.5 Å². The number of amides is 2. The average Bonchev–Trinajstić information content (AvgIpc) is 3.58. The van der Waals surface area contributed by atoms with Gasteiger partial charge in [-0.15, -0.1) is 0 Å². The number of primary amides is 1. The molecule has 2 atom stereocenters. The van der Waals surface area contributed by atoms with Gasteiger partial charge in [-0.2, -0.15) is 0 Å². The maximum absolute atomic E-state index is 14.6. The van der Waals surface area contributed by atoms with Crippen molar-refractivity contribution in [1.29, 1.82) is 0 Å². The van der Waals surface area contributed by atoms with Crippen LogP contribution in [0.5, 0.6) is 0 Å². The van der Waals surface area contributed by atoms with Crippen LogP contribution in [0.1, 0.15) is 64.7 Å². The van der Waals surface area contributed by atoms with E-state index in [1.54, 1.807) is 12.1 Å². The van der Waals surface area contributed by atoms with Gasteiger partial charge in [0, 0.05) is 35.9 Å². The number of rotatable bonds is 11. The molecule has 1 aliphatic carbocycles. The molecule has 3 rings (SSSR count). The van der Waals surface area contributed by atoms with E-state index in [2.05, 4.69) is 5.32 Å². The van der Waals surface area contributed by atoms with E-state index in [0.29, 0.717) is 31.4 Å². The van der Waals surface area contributed by atoms with Crippen molar-refractivity contribution >= 4 is 11.8 Å². The number of likely N-dealkylation sites (N-methyl/N-ethyl adjacent to an activating group) is 1. The first-order valence-electron chi connectivity index (χ1n) is 12.1. The topological polar surface area (TPSA) is 75.4 Å². The third-order valence-electron chi connectivity index (χ3n) is 7.61. The number of nitrogens with two attached hydrogens (primary N) is 1. The maximum atomic E-state index is 14.6. The number of halogens is 2. The van der Waals surface area contributed by atoms with Crippen molar-refractivity contribution in [3.8, 4) is 0 Å². The highest BCUT2D eigenvalue weighted by atomic mass is 19.3. The number of nitrogens with one attached hydrogen (secondary N) is 1. The summed E-state index contributed by atoms with van der Waals surface area (Å²) in [5.41, 5.74) is 8.59. The van der Waals surface area contributed by atoms with E-state index >= 15 is 0 Å². The second kappa shape index (κ2) is 10.4. The number of carbonyl (C=O) groups is 2. The van der Waals surface area contributed by atoms with Gasteiger partial charge in [0.25, 0.3) is 5.92 Å². The van der Waals surface area contributed by atoms with Gasteiger partial charge in [-0.05, 0) is 88.5 Å². The molecule has 35 heavy (non-hydrogen) atoms. The Morgan fingerprint density at radius 1 is 1.11 bits per heavy atom. The van der Waals surface area contributed by atoms with Crippen LogP contribution < -0.4 is 11.1 Å². The Balaban J connectivity index is 1.72. The van der Waals surface area contributed by atoms with Crippen LogP contribution in [-0.2, 0) is 11.2 Å². The Hall–Kier alpha value is -2.80. The second-order valence-electron chi connectivity index (χ2n) is 10.3. The number of hydrogen-bond donors (Lipinski definition) is 2. The first-order valence-corrected chi connectivity index (χ1v) is 12.1. The molecule has 1 fully saturated rings. The summed E-state index contributed by atoms with van der Waals surface area (Å²) in [6.45, 7) is 5.26. The molecule has 5 nitrogen and oxygen atoms in total. The summed E-state index contributed by atoms with van der Waals surface area (Å²) in [6.07, 6.45) is 1.54. The summed E-state index contributed by atoms with van der Waals surface area (Å²) >= 11 is 0. The second-order valence-corrected chi connectivity index (χ2v) is 10.3. The molecule has 1 aliphatic rings. The van der Waals surface area contributed by atoms with Crippen LogP contribution in [0, 0.1) is 19.3 Å². The van der Waals surface area contributed by atoms with Gasteiger partial charge >= 0.3 is 0 Å². The van der Waals surface area contributed by atoms with Crippen molar-refractivity contribution in [2.75, 3.05) is 20.6 Å². The summed E-state index contributed by atoms with van der Waals surface area (Å²) in [4.78, 5) is 26.6. The minimum Gasteiger partial charge on any atom is -0.366 e. The minimum atomic E-state index is -2.86. The molecule has 190 valence electrons. The van der Waals surface area contributed by atoms with E-state index < -0.39 is 23.2 Å². The zero-order valence-electron chi connectivity index (χ0n) is 21.3. The minimum absolute atomic E-state index is 0.00606. The van der Waals surface area contributed by atoms with E-state index in [9.17, 15) is 18.4 Å². The molecule has 0 aromatic heterocycles. The van der Waals surface area contributed by atoms with Gasteiger partial charge in [-0.3, -0.25) is 9.59 Å². The molecular formula is C28H37F2N3O2. The van der Waals surface area contributed by atoms with Gasteiger partial charge in [-0.25, -0.2) is 8.78 Å². The standard InChI is InChI=1S/C28H37F2N3O2/c1-18-13-21(26(31)35)14-19(2)23(18)15-22(33(4)5)17-32-25(34)16-24(20-9-7-6-8-10-20)28(11-12-28)27(3,29)30/h6-10,13-14,22,24H,11-12,15-17H2,1-5H3,(H2,31,35)(H,32,34)/t22-,24+/m0/s1. The lowest BCUT2D eigenvalue weighted by Crippen LogP contribution is -2.43. The monoisotopic (exact) mass is 485 g/mol. The predicted molar refractivity (Wildman–Crippen MR) is 135 cm³/mol. The van der Waals surface area contributed by atoms with Gasteiger partial charge < -0.3 is 16.0 Å². The Kier molecular flexibility index (Phi) is 8.00. The predicted octanol–water partition coefficient (Wildman–Crippen LogP) is 4.60. The highest BCUT2D eigenvalue weighted by molar-refractivity contribution is 5.93. The van der Waals surface area contributed by atoms with Crippen LogP contribution >= 0.6 is 0 Å². The summed E-state index contributed by atoms with van der Waals surface area (Å²) in [5, 5.41) is 3.00. The van der Waals surface area contributed by atoms with Crippen LogP contribution in [0.2, 0.25) is 0 Å². The number of aryl methyl sites for hydroxylation is 2. The van der Waals surface area contributed by atoms with Crippen LogP contribution in [0.25, 0.3) is 0 Å².